The second-order valence-electron chi connectivity index (χ2n) is 9.96. The number of methoxy groups -OCH3 is 1. The lowest BCUT2D eigenvalue weighted by Crippen LogP contribution is -2.29. The summed E-state index contributed by atoms with van der Waals surface area (Å²) in [5.74, 6) is 0.902. The van der Waals surface area contributed by atoms with Crippen LogP contribution in [0, 0.1) is 6.92 Å². The Hall–Kier alpha value is -3.77. The molecule has 0 radical (unpaired) electrons. The summed E-state index contributed by atoms with van der Waals surface area (Å²) in [5.41, 5.74) is 3.17. The molecule has 7 heteroatoms. The first kappa shape index (κ1) is 26.8. The normalized spacial score (nSPS) is 14.6. The number of fused-ring (bicyclic) bond motifs is 2. The maximum Gasteiger partial charge on any atom is 0.291 e. The van der Waals surface area contributed by atoms with E-state index in [1.54, 1.807) is 30.2 Å². The number of ether oxygens (including phenoxy) is 2. The monoisotopic (exact) mass is 545 g/mol. The third-order valence-corrected chi connectivity index (χ3v) is 7.40. The highest BCUT2D eigenvalue weighted by molar-refractivity contribution is 6.31. The van der Waals surface area contributed by atoms with Crippen LogP contribution < -0.4 is 14.9 Å². The highest BCUT2D eigenvalue weighted by Crippen LogP contribution is 2.42. The predicted octanol–water partition coefficient (Wildman–Crippen LogP) is 7.47. The molecular formula is C32H32ClNO5. The van der Waals surface area contributed by atoms with Crippen molar-refractivity contribution < 1.29 is 18.7 Å². The molecule has 5 rings (SSSR count). The molecule has 39 heavy (non-hydrogen) atoms. The fourth-order valence-corrected chi connectivity index (χ4v) is 5.25. The molecule has 4 aromatic rings. The molecule has 0 spiro atoms. The lowest BCUT2D eigenvalue weighted by molar-refractivity contribution is 0.0714. The zero-order valence-corrected chi connectivity index (χ0v) is 23.2. The summed E-state index contributed by atoms with van der Waals surface area (Å²) in [6, 6.07) is 17.8. The summed E-state index contributed by atoms with van der Waals surface area (Å²) in [5, 5.41) is 0.768. The van der Waals surface area contributed by atoms with Crippen molar-refractivity contribution >= 4 is 28.5 Å². The van der Waals surface area contributed by atoms with Gasteiger partial charge in [0.05, 0.1) is 30.7 Å². The molecular weight excluding hydrogens is 514 g/mol. The van der Waals surface area contributed by atoms with Gasteiger partial charge in [-0.1, -0.05) is 73.7 Å². The van der Waals surface area contributed by atoms with Gasteiger partial charge in [-0.2, -0.15) is 0 Å². The Balaban J connectivity index is 1.58. The van der Waals surface area contributed by atoms with Gasteiger partial charge >= 0.3 is 0 Å². The van der Waals surface area contributed by atoms with Crippen molar-refractivity contribution in [3.63, 3.8) is 0 Å². The Bertz CT molecular complexity index is 1560. The quantitative estimate of drug-likeness (QED) is 0.193. The topological polar surface area (TPSA) is 69.0 Å². The number of hydrogen-bond donors (Lipinski definition) is 0. The average Bonchev–Trinajstić information content (AvgIpc) is 3.21. The van der Waals surface area contributed by atoms with Crippen LogP contribution in [0.5, 0.6) is 11.5 Å². The van der Waals surface area contributed by atoms with Crippen LogP contribution >= 0.6 is 11.6 Å². The molecule has 1 aromatic heterocycles. The van der Waals surface area contributed by atoms with Crippen molar-refractivity contribution in [2.45, 2.75) is 52.1 Å². The standard InChI is InChI=1S/C32H32ClNO5/c1-4-5-6-7-16-38-26-14-12-22(17-27(26)37-3)29-28-30(35)24-18-23(33)13-15-25(24)39-31(28)32(36)34(29)19-21-10-8-20(2)9-11-21/h8-15,17-18,29H,4-7,16,19H2,1-3H3. The van der Waals surface area contributed by atoms with E-state index >= 15 is 0 Å². The zero-order chi connectivity index (χ0) is 27.5. The van der Waals surface area contributed by atoms with Gasteiger partial charge in [-0.25, -0.2) is 0 Å². The van der Waals surface area contributed by atoms with Gasteiger partial charge < -0.3 is 18.8 Å². The molecule has 0 bridgehead atoms. The van der Waals surface area contributed by atoms with E-state index in [1.807, 2.05) is 49.4 Å². The van der Waals surface area contributed by atoms with Crippen molar-refractivity contribution in [3.05, 3.63) is 104 Å². The Kier molecular flexibility index (Phi) is 7.94. The molecule has 0 saturated heterocycles. The number of halogens is 1. The first-order valence-electron chi connectivity index (χ1n) is 13.3. The van der Waals surface area contributed by atoms with E-state index in [0.29, 0.717) is 46.2 Å². The van der Waals surface area contributed by atoms with Crippen LogP contribution in [0.25, 0.3) is 11.0 Å². The van der Waals surface area contributed by atoms with Crippen LogP contribution in [0.1, 0.15) is 71.5 Å². The molecule has 0 N–H and O–H groups in total. The third-order valence-electron chi connectivity index (χ3n) is 7.16. The molecule has 0 fully saturated rings. The van der Waals surface area contributed by atoms with Gasteiger partial charge in [0.2, 0.25) is 5.76 Å². The van der Waals surface area contributed by atoms with Crippen molar-refractivity contribution in [2.24, 2.45) is 0 Å². The van der Waals surface area contributed by atoms with E-state index in [1.165, 1.54) is 6.42 Å². The summed E-state index contributed by atoms with van der Waals surface area (Å²) in [4.78, 5) is 29.3. The van der Waals surface area contributed by atoms with E-state index in [0.717, 1.165) is 36.0 Å². The number of unbranched alkanes of at least 4 members (excludes halogenated alkanes) is 3. The minimum atomic E-state index is -0.666. The minimum absolute atomic E-state index is 0.0575. The second kappa shape index (κ2) is 11.5. The SMILES string of the molecule is CCCCCCOc1ccc(C2c3c(oc4ccc(Cl)cc4c3=O)C(=O)N2Cc2ccc(C)cc2)cc1OC. The summed E-state index contributed by atoms with van der Waals surface area (Å²) in [6.45, 7) is 5.09. The predicted molar refractivity (Wildman–Crippen MR) is 153 cm³/mol. The maximum absolute atomic E-state index is 13.8. The van der Waals surface area contributed by atoms with Crippen molar-refractivity contribution in [1.82, 2.24) is 4.90 Å². The molecule has 6 nitrogen and oxygen atoms in total. The maximum atomic E-state index is 13.8. The lowest BCUT2D eigenvalue weighted by atomic mass is 9.97. The van der Waals surface area contributed by atoms with Crippen LogP contribution in [0.2, 0.25) is 5.02 Å². The molecule has 1 amide bonds. The van der Waals surface area contributed by atoms with Gasteiger partial charge in [-0.05, 0) is 54.8 Å². The van der Waals surface area contributed by atoms with E-state index < -0.39 is 6.04 Å². The van der Waals surface area contributed by atoms with Crippen LogP contribution in [0.15, 0.2) is 69.9 Å². The third kappa shape index (κ3) is 5.39. The van der Waals surface area contributed by atoms with Gasteiger partial charge in [0.15, 0.2) is 16.9 Å². The van der Waals surface area contributed by atoms with Gasteiger partial charge in [0, 0.05) is 11.6 Å². The van der Waals surface area contributed by atoms with Gasteiger partial charge in [0.1, 0.15) is 5.58 Å². The minimum Gasteiger partial charge on any atom is -0.493 e. The molecule has 1 atom stereocenters. The summed E-state index contributed by atoms with van der Waals surface area (Å²) in [6.07, 6.45) is 4.41. The van der Waals surface area contributed by atoms with Gasteiger partial charge in [-0.3, -0.25) is 9.59 Å². The van der Waals surface area contributed by atoms with Crippen LogP contribution in [-0.2, 0) is 6.54 Å². The number of amides is 1. The average molecular weight is 546 g/mol. The number of aryl methyl sites for hydroxylation is 1. The summed E-state index contributed by atoms with van der Waals surface area (Å²) >= 11 is 6.21. The second-order valence-corrected chi connectivity index (χ2v) is 10.4. The number of carbonyl (C=O) groups is 1. The van der Waals surface area contributed by atoms with Crippen LogP contribution in [0.4, 0.5) is 0 Å². The summed E-state index contributed by atoms with van der Waals surface area (Å²) in [7, 11) is 1.59. The van der Waals surface area contributed by atoms with Gasteiger partial charge in [-0.15, -0.1) is 0 Å². The molecule has 1 unspecified atom stereocenters. The summed E-state index contributed by atoms with van der Waals surface area (Å²) < 4.78 is 17.7. The smallest absolute Gasteiger partial charge is 0.291 e. The molecule has 3 aromatic carbocycles. The van der Waals surface area contributed by atoms with E-state index in [9.17, 15) is 9.59 Å². The molecule has 1 aliphatic heterocycles. The van der Waals surface area contributed by atoms with Crippen LogP contribution in [-0.4, -0.2) is 24.5 Å². The number of rotatable bonds is 10. The molecule has 0 saturated carbocycles. The van der Waals surface area contributed by atoms with Crippen molar-refractivity contribution in [1.29, 1.82) is 0 Å². The number of nitrogens with zero attached hydrogens (tertiary/aromatic N) is 1. The Morgan fingerprint density at radius 2 is 1.74 bits per heavy atom. The van der Waals surface area contributed by atoms with E-state index in [4.69, 9.17) is 25.5 Å². The fourth-order valence-electron chi connectivity index (χ4n) is 5.08. The first-order chi connectivity index (χ1) is 18.9. The largest absolute Gasteiger partial charge is 0.493 e. The van der Waals surface area contributed by atoms with Gasteiger partial charge in [0.25, 0.3) is 5.91 Å². The fraction of sp³-hybridized carbons (Fsp3) is 0.312. The first-order valence-corrected chi connectivity index (χ1v) is 13.7. The highest BCUT2D eigenvalue weighted by Gasteiger charge is 2.43. The number of hydrogen-bond acceptors (Lipinski definition) is 5. The van der Waals surface area contributed by atoms with E-state index in [2.05, 4.69) is 6.92 Å². The van der Waals surface area contributed by atoms with E-state index in [-0.39, 0.29) is 17.1 Å². The zero-order valence-electron chi connectivity index (χ0n) is 22.5. The Labute approximate surface area is 233 Å². The Morgan fingerprint density at radius 3 is 2.49 bits per heavy atom. The lowest BCUT2D eigenvalue weighted by Gasteiger charge is -2.26. The highest BCUT2D eigenvalue weighted by atomic mass is 35.5. The van der Waals surface area contributed by atoms with Crippen LogP contribution in [0.3, 0.4) is 0 Å². The Morgan fingerprint density at radius 1 is 0.949 bits per heavy atom. The molecule has 1 aliphatic rings. The van der Waals surface area contributed by atoms with Crippen molar-refractivity contribution in [2.75, 3.05) is 13.7 Å². The number of benzene rings is 3. The number of carbonyl (C=O) groups excluding carboxylic acids is 1. The molecule has 0 aliphatic carbocycles. The molecule has 202 valence electrons. The molecule has 2 heterocycles. The van der Waals surface area contributed by atoms with Crippen molar-refractivity contribution in [3.8, 4) is 11.5 Å².